The van der Waals surface area contributed by atoms with Crippen molar-refractivity contribution in [1.29, 1.82) is 0 Å². The summed E-state index contributed by atoms with van der Waals surface area (Å²) in [5, 5.41) is 14.6. The lowest BCUT2D eigenvalue weighted by Gasteiger charge is -2.24. The Morgan fingerprint density at radius 1 is 0.806 bits per heavy atom. The van der Waals surface area contributed by atoms with Crippen LogP contribution in [0.1, 0.15) is 62.6 Å². The smallest absolute Gasteiger partial charge is 0.243 e. The predicted octanol–water partition coefficient (Wildman–Crippen LogP) is 6.61. The average molecular weight is 855 g/mol. The average Bonchev–Trinajstić information content (AvgIpc) is 3.27. The molecule has 5 N–H and O–H groups in total. The highest BCUT2D eigenvalue weighted by Crippen LogP contribution is 2.35. The molecule has 2 atom stereocenters. The van der Waals surface area contributed by atoms with Gasteiger partial charge in [-0.25, -0.2) is 4.98 Å². The molecule has 0 fully saturated rings. The van der Waals surface area contributed by atoms with Crippen molar-refractivity contribution in [2.24, 2.45) is 10.8 Å². The van der Waals surface area contributed by atoms with E-state index >= 15 is 0 Å². The molecule has 2 amide bonds. The number of aryl methyl sites for hydroxylation is 1. The molecule has 0 radical (unpaired) electrons. The third-order valence-corrected chi connectivity index (χ3v) is 9.72. The standard InChI is InChI=1S/C46H62N8O8/c1-34-18-21-50-44(32-34)49-20-7-11-45(56)52-41(10-5-6-19-47)46(57)53-42(33-35(2)55)37-14-12-36(13-15-37)38-16-17-43(40-9-4-3-8-39(38)40)62-31-30-61-29-28-60-27-26-59-25-24-58-23-22-51-54-48/h3-4,8-9,12-18,21,32,41-42H,5-7,10-11,19-20,22-31,33,47H2,1-2H3,(H,49,50)(H,52,56)(H,53,57)/t41-,42-/m0/s1. The van der Waals surface area contributed by atoms with Crippen molar-refractivity contribution >= 4 is 34.2 Å². The van der Waals surface area contributed by atoms with E-state index in [4.69, 9.17) is 34.9 Å². The Morgan fingerprint density at radius 2 is 1.48 bits per heavy atom. The fourth-order valence-corrected chi connectivity index (χ4v) is 6.60. The summed E-state index contributed by atoms with van der Waals surface area (Å²) < 4.78 is 28.1. The second-order valence-electron chi connectivity index (χ2n) is 14.7. The molecule has 334 valence electrons. The molecule has 0 aliphatic carbocycles. The highest BCUT2D eigenvalue weighted by molar-refractivity contribution is 6.00. The Hall–Kier alpha value is -5.61. The van der Waals surface area contributed by atoms with Gasteiger partial charge in [-0.05, 0) is 97.4 Å². The first-order valence-corrected chi connectivity index (χ1v) is 21.3. The number of Topliss-reactive ketones (excluding diaryl/α,β-unsaturated/α-hetero) is 1. The number of anilines is 1. The monoisotopic (exact) mass is 854 g/mol. The van der Waals surface area contributed by atoms with Gasteiger partial charge >= 0.3 is 0 Å². The number of fused-ring (bicyclic) bond motifs is 1. The van der Waals surface area contributed by atoms with Crippen LogP contribution in [0.3, 0.4) is 0 Å². The van der Waals surface area contributed by atoms with Gasteiger partial charge in [0.25, 0.3) is 0 Å². The molecule has 0 aliphatic heterocycles. The lowest BCUT2D eigenvalue weighted by Crippen LogP contribution is -2.48. The summed E-state index contributed by atoms with van der Waals surface area (Å²) in [5.41, 5.74) is 17.8. The van der Waals surface area contributed by atoms with Crippen LogP contribution in [0.25, 0.3) is 32.3 Å². The highest BCUT2D eigenvalue weighted by Gasteiger charge is 2.25. The number of unbranched alkanes of at least 4 members (excludes halogenated alkanes) is 1. The number of benzene rings is 3. The summed E-state index contributed by atoms with van der Waals surface area (Å²) in [6.07, 6.45) is 4.47. The number of ketones is 1. The molecular weight excluding hydrogens is 793 g/mol. The molecule has 1 aromatic heterocycles. The van der Waals surface area contributed by atoms with Gasteiger partial charge in [0, 0.05) is 42.4 Å². The summed E-state index contributed by atoms with van der Waals surface area (Å²) in [7, 11) is 0. The van der Waals surface area contributed by atoms with Crippen molar-refractivity contribution < 1.29 is 38.1 Å². The molecule has 0 saturated carbocycles. The zero-order chi connectivity index (χ0) is 44.2. The van der Waals surface area contributed by atoms with E-state index in [1.165, 1.54) is 6.92 Å². The maximum absolute atomic E-state index is 13.8. The number of carbonyl (C=O) groups is 3. The molecule has 0 spiro atoms. The van der Waals surface area contributed by atoms with Gasteiger partial charge < -0.3 is 45.4 Å². The number of carbonyl (C=O) groups excluding carboxylic acids is 3. The topological polar surface area (TPSA) is 221 Å². The minimum absolute atomic E-state index is 0.0692. The lowest BCUT2D eigenvalue weighted by molar-refractivity contribution is -0.130. The van der Waals surface area contributed by atoms with E-state index in [9.17, 15) is 14.4 Å². The van der Waals surface area contributed by atoms with Crippen LogP contribution in [-0.4, -0.2) is 108 Å². The Morgan fingerprint density at radius 3 is 2.15 bits per heavy atom. The number of hydrogen-bond donors (Lipinski definition) is 4. The number of nitrogens with one attached hydrogen (secondary N) is 3. The molecule has 0 unspecified atom stereocenters. The second-order valence-corrected chi connectivity index (χ2v) is 14.7. The first-order valence-electron chi connectivity index (χ1n) is 21.3. The molecule has 16 nitrogen and oxygen atoms in total. The summed E-state index contributed by atoms with van der Waals surface area (Å²) in [4.78, 5) is 46.2. The Kier molecular flexibility index (Phi) is 22.8. The summed E-state index contributed by atoms with van der Waals surface area (Å²) in [6.45, 7) is 8.60. The molecule has 4 rings (SSSR count). The number of nitrogens with zero attached hydrogens (tertiary/aromatic N) is 4. The number of amides is 2. The van der Waals surface area contributed by atoms with Crippen molar-refractivity contribution in [3.05, 3.63) is 101 Å². The van der Waals surface area contributed by atoms with Gasteiger partial charge in [0.2, 0.25) is 11.8 Å². The number of hydrogen-bond acceptors (Lipinski definition) is 12. The molecule has 3 aromatic carbocycles. The Labute approximate surface area is 364 Å². The third-order valence-electron chi connectivity index (χ3n) is 9.72. The minimum Gasteiger partial charge on any atom is -0.491 e. The molecule has 0 bridgehead atoms. The highest BCUT2D eigenvalue weighted by atomic mass is 16.6. The van der Waals surface area contributed by atoms with Crippen LogP contribution < -0.4 is 26.4 Å². The molecular formula is C46H62N8O8. The van der Waals surface area contributed by atoms with Crippen LogP contribution in [0, 0.1) is 6.92 Å². The molecule has 62 heavy (non-hydrogen) atoms. The van der Waals surface area contributed by atoms with E-state index in [2.05, 4.69) is 37.0 Å². The largest absolute Gasteiger partial charge is 0.491 e. The lowest BCUT2D eigenvalue weighted by atomic mass is 9.94. The number of azide groups is 1. The van der Waals surface area contributed by atoms with Crippen molar-refractivity contribution in [3.8, 4) is 16.9 Å². The number of aromatic nitrogens is 1. The van der Waals surface area contributed by atoms with Crippen LogP contribution in [0.2, 0.25) is 0 Å². The fraction of sp³-hybridized carbons (Fsp3) is 0.478. The number of pyridine rings is 1. The first kappa shape index (κ1) is 49.0. The normalized spacial score (nSPS) is 12.0. The maximum Gasteiger partial charge on any atom is 0.243 e. The second kappa shape index (κ2) is 28.8. The van der Waals surface area contributed by atoms with Gasteiger partial charge in [-0.2, -0.15) is 0 Å². The quantitative estimate of drug-likeness (QED) is 0.0177. The van der Waals surface area contributed by atoms with Crippen LogP contribution in [-0.2, 0) is 33.3 Å². The van der Waals surface area contributed by atoms with Crippen LogP contribution in [0.15, 0.2) is 84.1 Å². The van der Waals surface area contributed by atoms with Gasteiger partial charge in [0.1, 0.15) is 30.0 Å². The molecule has 16 heteroatoms. The van der Waals surface area contributed by atoms with E-state index < -0.39 is 12.1 Å². The molecule has 0 aliphatic rings. The molecule has 4 aromatic rings. The van der Waals surface area contributed by atoms with Crippen molar-refractivity contribution in [2.45, 2.75) is 64.5 Å². The van der Waals surface area contributed by atoms with Gasteiger partial charge in [0.05, 0.1) is 58.9 Å². The van der Waals surface area contributed by atoms with E-state index in [1.807, 2.05) is 73.7 Å². The van der Waals surface area contributed by atoms with E-state index in [0.717, 1.165) is 51.0 Å². The summed E-state index contributed by atoms with van der Waals surface area (Å²) >= 11 is 0. The van der Waals surface area contributed by atoms with Crippen molar-refractivity contribution in [3.63, 3.8) is 0 Å². The van der Waals surface area contributed by atoms with Crippen molar-refractivity contribution in [2.75, 3.05) is 84.4 Å². The maximum atomic E-state index is 13.8. The molecule has 1 heterocycles. The zero-order valence-corrected chi connectivity index (χ0v) is 36.0. The minimum atomic E-state index is -0.764. The molecule has 0 saturated heterocycles. The van der Waals surface area contributed by atoms with E-state index in [-0.39, 0.29) is 30.4 Å². The van der Waals surface area contributed by atoms with Gasteiger partial charge in [-0.15, -0.1) is 0 Å². The number of rotatable bonds is 32. The Bertz CT molecular complexity index is 2010. The van der Waals surface area contributed by atoms with E-state index in [0.29, 0.717) is 98.4 Å². The van der Waals surface area contributed by atoms with Crippen LogP contribution in [0.5, 0.6) is 5.75 Å². The predicted molar refractivity (Wildman–Crippen MR) is 240 cm³/mol. The first-order chi connectivity index (χ1) is 30.3. The Balaban J connectivity index is 1.28. The zero-order valence-electron chi connectivity index (χ0n) is 36.0. The summed E-state index contributed by atoms with van der Waals surface area (Å²) in [6, 6.07) is 22.4. The summed E-state index contributed by atoms with van der Waals surface area (Å²) in [5.74, 6) is 0.869. The number of nitrogens with two attached hydrogens (primary N) is 1. The van der Waals surface area contributed by atoms with E-state index in [1.54, 1.807) is 6.20 Å². The SMILES string of the molecule is CC(=O)C[C@H](NC(=O)[C@H](CCCCN)NC(=O)CCCNc1cc(C)ccn1)c1ccc(-c2ccc(OCCOCCOCCOCCOCCN=[N+]=[N-])c3ccccc23)cc1. The third kappa shape index (κ3) is 18.2. The van der Waals surface area contributed by atoms with Crippen LogP contribution >= 0.6 is 0 Å². The number of ether oxygens (including phenoxy) is 5. The van der Waals surface area contributed by atoms with Gasteiger partial charge in [-0.3, -0.25) is 14.4 Å². The fourth-order valence-electron chi connectivity index (χ4n) is 6.60. The van der Waals surface area contributed by atoms with Gasteiger partial charge in [0.15, 0.2) is 0 Å². The van der Waals surface area contributed by atoms with Crippen LogP contribution in [0.4, 0.5) is 5.82 Å². The van der Waals surface area contributed by atoms with Gasteiger partial charge in [-0.1, -0.05) is 59.7 Å². The van der Waals surface area contributed by atoms with Crippen molar-refractivity contribution in [1.82, 2.24) is 15.6 Å².